The summed E-state index contributed by atoms with van der Waals surface area (Å²) in [4.78, 5) is 39.4. The first kappa shape index (κ1) is 18.6. The highest BCUT2D eigenvalue weighted by Gasteiger charge is 2.52. The smallest absolute Gasteiger partial charge is 0.244 e. The third-order valence-electron chi connectivity index (χ3n) is 5.37. The van der Waals surface area contributed by atoms with Crippen molar-refractivity contribution in [2.45, 2.75) is 22.5 Å². The van der Waals surface area contributed by atoms with Crippen molar-refractivity contribution in [2.24, 2.45) is 11.8 Å². The standard InChI is InChI=1S/C20H18Br2N2O3/c21-15-8-13-14(9-16(15)22)20(27)24(19(13)26)10-18(25)23-17-7-3-5-11-4-1-2-6-12(11)17/h1-7,13-16H,8-10H2,(H,23,25)/t13-,14+,15+,16-. The summed E-state index contributed by atoms with van der Waals surface area (Å²) in [7, 11) is 0. The molecule has 0 bridgehead atoms. The lowest BCUT2D eigenvalue weighted by atomic mass is 9.81. The van der Waals surface area contributed by atoms with Crippen molar-refractivity contribution < 1.29 is 14.4 Å². The minimum Gasteiger partial charge on any atom is -0.324 e. The Balaban J connectivity index is 1.50. The number of anilines is 1. The number of rotatable bonds is 3. The van der Waals surface area contributed by atoms with Gasteiger partial charge in [-0.15, -0.1) is 0 Å². The number of carbonyl (C=O) groups excluding carboxylic acids is 3. The number of carbonyl (C=O) groups is 3. The first-order chi connectivity index (χ1) is 13.0. The van der Waals surface area contributed by atoms with E-state index in [0.29, 0.717) is 18.5 Å². The second-order valence-electron chi connectivity index (χ2n) is 7.05. The SMILES string of the molecule is O=C(CN1C(=O)[C@H]2C[C@@H](Br)[C@@H](Br)C[C@H]2C1=O)Nc1cccc2ccccc12. The number of benzene rings is 2. The van der Waals surface area contributed by atoms with Crippen molar-refractivity contribution in [2.75, 3.05) is 11.9 Å². The van der Waals surface area contributed by atoms with E-state index in [0.717, 1.165) is 15.7 Å². The zero-order valence-electron chi connectivity index (χ0n) is 14.4. The highest BCUT2D eigenvalue weighted by atomic mass is 79.9. The average Bonchev–Trinajstić information content (AvgIpc) is 2.87. The number of fused-ring (bicyclic) bond motifs is 2. The molecule has 1 aliphatic carbocycles. The van der Waals surface area contributed by atoms with Gasteiger partial charge < -0.3 is 5.32 Å². The van der Waals surface area contributed by atoms with Crippen LogP contribution in [0.1, 0.15) is 12.8 Å². The van der Waals surface area contributed by atoms with Crippen LogP contribution >= 0.6 is 31.9 Å². The van der Waals surface area contributed by atoms with Gasteiger partial charge in [-0.2, -0.15) is 0 Å². The molecule has 0 spiro atoms. The van der Waals surface area contributed by atoms with Gasteiger partial charge in [0, 0.05) is 20.7 Å². The van der Waals surface area contributed by atoms with Crippen molar-refractivity contribution in [3.63, 3.8) is 0 Å². The Morgan fingerprint density at radius 1 is 0.963 bits per heavy atom. The van der Waals surface area contributed by atoms with Gasteiger partial charge in [-0.3, -0.25) is 19.3 Å². The molecule has 4 rings (SSSR count). The summed E-state index contributed by atoms with van der Waals surface area (Å²) in [5.41, 5.74) is 0.677. The van der Waals surface area contributed by atoms with Crippen molar-refractivity contribution in [1.29, 1.82) is 0 Å². The summed E-state index contributed by atoms with van der Waals surface area (Å²) >= 11 is 7.13. The molecule has 1 aliphatic heterocycles. The minimum absolute atomic E-state index is 0.153. The maximum atomic E-state index is 12.7. The van der Waals surface area contributed by atoms with E-state index in [1.807, 2.05) is 42.5 Å². The molecular formula is C20H18Br2N2O3. The van der Waals surface area contributed by atoms with Gasteiger partial charge in [0.1, 0.15) is 6.54 Å². The number of nitrogens with one attached hydrogen (secondary N) is 1. The summed E-state index contributed by atoms with van der Waals surface area (Å²) < 4.78 is 0. The molecule has 2 fully saturated rings. The first-order valence-electron chi connectivity index (χ1n) is 8.86. The van der Waals surface area contributed by atoms with Crippen LogP contribution in [0.4, 0.5) is 5.69 Å². The summed E-state index contributed by atoms with van der Waals surface area (Å²) in [6.07, 6.45) is 1.21. The lowest BCUT2D eigenvalue weighted by Crippen LogP contribution is -2.38. The second-order valence-corrected chi connectivity index (χ2v) is 9.41. The molecule has 7 heteroatoms. The summed E-state index contributed by atoms with van der Waals surface area (Å²) in [5, 5.41) is 4.79. The number of hydrogen-bond acceptors (Lipinski definition) is 3. The molecule has 0 aromatic heterocycles. The van der Waals surface area contributed by atoms with Crippen LogP contribution in [0.2, 0.25) is 0 Å². The number of hydrogen-bond donors (Lipinski definition) is 1. The molecule has 2 aromatic rings. The molecule has 1 N–H and O–H groups in total. The first-order valence-corrected chi connectivity index (χ1v) is 10.7. The van der Waals surface area contributed by atoms with Crippen LogP contribution in [-0.2, 0) is 14.4 Å². The van der Waals surface area contributed by atoms with Crippen LogP contribution in [0.5, 0.6) is 0 Å². The summed E-state index contributed by atoms with van der Waals surface area (Å²) in [5.74, 6) is -1.50. The monoisotopic (exact) mass is 492 g/mol. The minimum atomic E-state index is -0.363. The molecule has 0 radical (unpaired) electrons. The molecule has 2 aliphatic rings. The fourth-order valence-corrected chi connectivity index (χ4v) is 5.22. The van der Waals surface area contributed by atoms with E-state index in [9.17, 15) is 14.4 Å². The third-order valence-corrected chi connectivity index (χ3v) is 8.10. The molecule has 1 saturated heterocycles. The zero-order chi connectivity index (χ0) is 19.1. The van der Waals surface area contributed by atoms with E-state index in [-0.39, 0.29) is 45.8 Å². The summed E-state index contributed by atoms with van der Waals surface area (Å²) in [6.45, 7) is -0.242. The lowest BCUT2D eigenvalue weighted by molar-refractivity contribution is -0.142. The van der Waals surface area contributed by atoms with Crippen LogP contribution in [-0.4, -0.2) is 38.8 Å². The number of amides is 3. The normalized spacial score (nSPS) is 27.7. The van der Waals surface area contributed by atoms with E-state index in [4.69, 9.17) is 0 Å². The molecular weight excluding hydrogens is 476 g/mol. The summed E-state index contributed by atoms with van der Waals surface area (Å²) in [6, 6.07) is 13.4. The molecule has 2 aromatic carbocycles. The van der Waals surface area contributed by atoms with E-state index in [2.05, 4.69) is 37.2 Å². The Morgan fingerprint density at radius 3 is 2.22 bits per heavy atom. The van der Waals surface area contributed by atoms with Gasteiger partial charge in [-0.05, 0) is 24.3 Å². The maximum Gasteiger partial charge on any atom is 0.244 e. The molecule has 0 unspecified atom stereocenters. The second kappa shape index (κ2) is 7.36. The largest absolute Gasteiger partial charge is 0.324 e. The number of imide groups is 1. The average molecular weight is 494 g/mol. The van der Waals surface area contributed by atoms with Gasteiger partial charge in [0.05, 0.1) is 11.8 Å². The van der Waals surface area contributed by atoms with Gasteiger partial charge in [0.15, 0.2) is 0 Å². The Morgan fingerprint density at radius 2 is 1.56 bits per heavy atom. The van der Waals surface area contributed by atoms with Crippen LogP contribution in [0.3, 0.4) is 0 Å². The third kappa shape index (κ3) is 3.43. The molecule has 1 heterocycles. The molecule has 4 atom stereocenters. The van der Waals surface area contributed by atoms with Crippen molar-refractivity contribution in [3.05, 3.63) is 42.5 Å². The van der Waals surface area contributed by atoms with Crippen LogP contribution in [0, 0.1) is 11.8 Å². The van der Waals surface area contributed by atoms with E-state index in [1.54, 1.807) is 0 Å². The molecule has 27 heavy (non-hydrogen) atoms. The Bertz CT molecular complexity index is 899. The quantitative estimate of drug-likeness (QED) is 0.523. The Labute approximate surface area is 173 Å². The van der Waals surface area contributed by atoms with Crippen molar-refractivity contribution in [3.8, 4) is 0 Å². The number of alkyl halides is 2. The Hall–Kier alpha value is -1.73. The fourth-order valence-electron chi connectivity index (χ4n) is 3.99. The lowest BCUT2D eigenvalue weighted by Gasteiger charge is -2.29. The maximum absolute atomic E-state index is 12.7. The Kier molecular flexibility index (Phi) is 5.07. The number of halogens is 2. The van der Waals surface area contributed by atoms with Crippen LogP contribution in [0.15, 0.2) is 42.5 Å². The van der Waals surface area contributed by atoms with E-state index < -0.39 is 0 Å². The molecule has 3 amide bonds. The van der Waals surface area contributed by atoms with Crippen LogP contribution < -0.4 is 5.32 Å². The van der Waals surface area contributed by atoms with Gasteiger partial charge >= 0.3 is 0 Å². The zero-order valence-corrected chi connectivity index (χ0v) is 17.6. The van der Waals surface area contributed by atoms with Crippen molar-refractivity contribution >= 4 is 66.0 Å². The number of likely N-dealkylation sites (tertiary alicyclic amines) is 1. The van der Waals surface area contributed by atoms with Crippen molar-refractivity contribution in [1.82, 2.24) is 4.90 Å². The van der Waals surface area contributed by atoms with Gasteiger partial charge in [-0.1, -0.05) is 68.3 Å². The fraction of sp³-hybridized carbons (Fsp3) is 0.350. The van der Waals surface area contributed by atoms with E-state index >= 15 is 0 Å². The predicted octanol–water partition coefficient (Wildman–Crippen LogP) is 3.70. The van der Waals surface area contributed by atoms with Gasteiger partial charge in [0.25, 0.3) is 0 Å². The van der Waals surface area contributed by atoms with Crippen LogP contribution in [0.25, 0.3) is 10.8 Å². The van der Waals surface area contributed by atoms with E-state index in [1.165, 1.54) is 0 Å². The van der Waals surface area contributed by atoms with Gasteiger partial charge in [-0.25, -0.2) is 0 Å². The predicted molar refractivity (Wildman–Crippen MR) is 111 cm³/mol. The van der Waals surface area contributed by atoms with Gasteiger partial charge in [0.2, 0.25) is 17.7 Å². The molecule has 140 valence electrons. The highest BCUT2D eigenvalue weighted by Crippen LogP contribution is 2.43. The topological polar surface area (TPSA) is 66.5 Å². The highest BCUT2D eigenvalue weighted by molar-refractivity contribution is 9.12. The molecule has 5 nitrogen and oxygen atoms in total. The molecule has 1 saturated carbocycles. The number of nitrogens with zero attached hydrogens (tertiary/aromatic N) is 1.